The average molecular weight is 272 g/mol. The zero-order chi connectivity index (χ0) is 14.9. The van der Waals surface area contributed by atoms with Crippen LogP contribution in [0.4, 0.5) is 0 Å². The molecule has 0 heterocycles. The fourth-order valence-electron chi connectivity index (χ4n) is 2.42. The summed E-state index contributed by atoms with van der Waals surface area (Å²) in [7, 11) is 0. The van der Waals surface area contributed by atoms with E-state index in [4.69, 9.17) is 4.74 Å². The van der Waals surface area contributed by atoms with E-state index in [-0.39, 0.29) is 17.6 Å². The highest BCUT2D eigenvalue weighted by Crippen LogP contribution is 2.32. The number of aryl methyl sites for hydroxylation is 2. The molecule has 106 valence electrons. The Labute approximate surface area is 119 Å². The van der Waals surface area contributed by atoms with Crippen molar-refractivity contribution in [3.63, 3.8) is 0 Å². The molecule has 0 amide bonds. The van der Waals surface area contributed by atoms with E-state index >= 15 is 0 Å². The third kappa shape index (κ3) is 2.48. The molecule has 0 saturated heterocycles. The number of hydrogen-bond acceptors (Lipinski definition) is 3. The summed E-state index contributed by atoms with van der Waals surface area (Å²) in [6, 6.07) is 7.70. The molecule has 0 aliphatic carbocycles. The van der Waals surface area contributed by atoms with Crippen molar-refractivity contribution in [3.05, 3.63) is 41.0 Å². The first kappa shape index (κ1) is 14.4. The minimum atomic E-state index is -0.304. The van der Waals surface area contributed by atoms with Crippen LogP contribution in [0.2, 0.25) is 0 Å². The summed E-state index contributed by atoms with van der Waals surface area (Å²) in [4.78, 5) is 11.8. The number of carbonyl (C=O) groups excluding carboxylic acids is 1. The Morgan fingerprint density at radius 1 is 1.25 bits per heavy atom. The van der Waals surface area contributed by atoms with Crippen LogP contribution in [0.1, 0.15) is 36.5 Å². The van der Waals surface area contributed by atoms with Crippen LogP contribution in [0.15, 0.2) is 24.3 Å². The van der Waals surface area contributed by atoms with Crippen molar-refractivity contribution in [2.45, 2.75) is 33.6 Å². The molecule has 0 fully saturated rings. The predicted octanol–water partition coefficient (Wildman–Crippen LogP) is 3.83. The molecule has 1 atom stereocenters. The van der Waals surface area contributed by atoms with Crippen LogP contribution in [-0.2, 0) is 9.53 Å². The Hall–Kier alpha value is -2.03. The van der Waals surface area contributed by atoms with Crippen molar-refractivity contribution in [1.82, 2.24) is 0 Å². The number of benzene rings is 2. The van der Waals surface area contributed by atoms with Gasteiger partial charge >= 0.3 is 5.97 Å². The number of ether oxygens (including phenoxy) is 1. The number of aromatic hydroxyl groups is 1. The van der Waals surface area contributed by atoms with Crippen molar-refractivity contribution in [2.75, 3.05) is 6.61 Å². The van der Waals surface area contributed by atoms with E-state index in [1.165, 1.54) is 0 Å². The van der Waals surface area contributed by atoms with Crippen LogP contribution >= 0.6 is 0 Å². The van der Waals surface area contributed by atoms with Crippen molar-refractivity contribution >= 4 is 16.7 Å². The van der Waals surface area contributed by atoms with Gasteiger partial charge in [0.25, 0.3) is 0 Å². The maximum absolute atomic E-state index is 11.8. The lowest BCUT2D eigenvalue weighted by atomic mass is 9.93. The molecule has 0 saturated carbocycles. The largest absolute Gasteiger partial charge is 0.508 e. The van der Waals surface area contributed by atoms with Crippen LogP contribution in [0.3, 0.4) is 0 Å². The SMILES string of the molecule is CCOC(=O)[C@H](C)c1ccc2c(C)cc(O)c(C)c2c1. The molecule has 0 unspecified atom stereocenters. The molecule has 2 aromatic carbocycles. The van der Waals surface area contributed by atoms with Crippen molar-refractivity contribution in [1.29, 1.82) is 0 Å². The molecule has 2 aromatic rings. The van der Waals surface area contributed by atoms with Gasteiger partial charge in [-0.2, -0.15) is 0 Å². The molecule has 0 aromatic heterocycles. The van der Waals surface area contributed by atoms with Gasteiger partial charge in [-0.1, -0.05) is 12.1 Å². The number of phenolic OH excluding ortho intramolecular Hbond substituents is 1. The lowest BCUT2D eigenvalue weighted by Crippen LogP contribution is -2.12. The van der Waals surface area contributed by atoms with Gasteiger partial charge in [0.2, 0.25) is 0 Å². The van der Waals surface area contributed by atoms with Gasteiger partial charge in [-0.05, 0) is 67.3 Å². The molecule has 3 heteroatoms. The predicted molar refractivity (Wildman–Crippen MR) is 80.1 cm³/mol. The first-order valence-corrected chi connectivity index (χ1v) is 6.85. The summed E-state index contributed by atoms with van der Waals surface area (Å²) in [6.07, 6.45) is 0. The zero-order valence-electron chi connectivity index (χ0n) is 12.4. The van der Waals surface area contributed by atoms with E-state index < -0.39 is 0 Å². The summed E-state index contributed by atoms with van der Waals surface area (Å²) in [5.74, 6) is -0.237. The van der Waals surface area contributed by atoms with Gasteiger partial charge in [0, 0.05) is 0 Å². The highest BCUT2D eigenvalue weighted by Gasteiger charge is 2.17. The van der Waals surface area contributed by atoms with Gasteiger partial charge in [-0.25, -0.2) is 0 Å². The van der Waals surface area contributed by atoms with E-state index in [0.29, 0.717) is 6.61 Å². The number of fused-ring (bicyclic) bond motifs is 1. The lowest BCUT2D eigenvalue weighted by Gasteiger charge is -2.14. The fraction of sp³-hybridized carbons (Fsp3) is 0.353. The Kier molecular flexibility index (Phi) is 3.98. The quantitative estimate of drug-likeness (QED) is 0.864. The van der Waals surface area contributed by atoms with Crippen molar-refractivity contribution in [3.8, 4) is 5.75 Å². The minimum Gasteiger partial charge on any atom is -0.508 e. The monoisotopic (exact) mass is 272 g/mol. The van der Waals surface area contributed by atoms with Crippen LogP contribution in [0, 0.1) is 13.8 Å². The van der Waals surface area contributed by atoms with Gasteiger partial charge in [-0.3, -0.25) is 4.79 Å². The Morgan fingerprint density at radius 2 is 1.95 bits per heavy atom. The molecule has 2 rings (SSSR count). The smallest absolute Gasteiger partial charge is 0.313 e. The average Bonchev–Trinajstić information content (AvgIpc) is 2.43. The molecular weight excluding hydrogens is 252 g/mol. The van der Waals surface area contributed by atoms with Gasteiger partial charge in [0.1, 0.15) is 5.75 Å². The van der Waals surface area contributed by atoms with Crippen LogP contribution in [-0.4, -0.2) is 17.7 Å². The molecule has 3 nitrogen and oxygen atoms in total. The molecule has 20 heavy (non-hydrogen) atoms. The van der Waals surface area contributed by atoms with Gasteiger partial charge in [0.05, 0.1) is 12.5 Å². The molecule has 0 aliphatic rings. The van der Waals surface area contributed by atoms with E-state index in [0.717, 1.165) is 27.5 Å². The number of carbonyl (C=O) groups is 1. The maximum Gasteiger partial charge on any atom is 0.313 e. The molecule has 0 bridgehead atoms. The molecular formula is C17H20O3. The number of phenols is 1. The third-order valence-electron chi connectivity index (χ3n) is 3.75. The number of esters is 1. The molecule has 0 spiro atoms. The molecule has 1 N–H and O–H groups in total. The topological polar surface area (TPSA) is 46.5 Å². The highest BCUT2D eigenvalue weighted by atomic mass is 16.5. The van der Waals surface area contributed by atoms with Crippen LogP contribution < -0.4 is 0 Å². The van der Waals surface area contributed by atoms with Gasteiger partial charge in [0.15, 0.2) is 0 Å². The lowest BCUT2D eigenvalue weighted by molar-refractivity contribution is -0.144. The van der Waals surface area contributed by atoms with Gasteiger partial charge < -0.3 is 9.84 Å². The van der Waals surface area contributed by atoms with Gasteiger partial charge in [-0.15, -0.1) is 0 Å². The highest BCUT2D eigenvalue weighted by molar-refractivity contribution is 5.92. The summed E-state index contributed by atoms with van der Waals surface area (Å²) < 4.78 is 5.06. The third-order valence-corrected chi connectivity index (χ3v) is 3.75. The first-order chi connectivity index (χ1) is 9.45. The number of hydrogen-bond donors (Lipinski definition) is 1. The fourth-order valence-corrected chi connectivity index (χ4v) is 2.42. The van der Waals surface area contributed by atoms with E-state index in [2.05, 4.69) is 0 Å². The van der Waals surface area contributed by atoms with E-state index in [1.807, 2.05) is 39.0 Å². The second-order valence-electron chi connectivity index (χ2n) is 5.12. The first-order valence-electron chi connectivity index (χ1n) is 6.85. The Balaban J connectivity index is 2.53. The summed E-state index contributed by atoms with van der Waals surface area (Å²) in [5, 5.41) is 12.0. The Morgan fingerprint density at radius 3 is 2.60 bits per heavy atom. The standard InChI is InChI=1S/C17H20O3/c1-5-20-17(19)11(3)13-6-7-14-10(2)8-16(18)12(4)15(14)9-13/h6-9,11,18H,5H2,1-4H3/t11-/m1/s1. The van der Waals surface area contributed by atoms with Crippen LogP contribution in [0.5, 0.6) is 5.75 Å². The summed E-state index contributed by atoms with van der Waals surface area (Å²) in [5.41, 5.74) is 2.77. The van der Waals surface area contributed by atoms with E-state index in [9.17, 15) is 9.90 Å². The maximum atomic E-state index is 11.8. The van der Waals surface area contributed by atoms with Crippen molar-refractivity contribution < 1.29 is 14.6 Å². The van der Waals surface area contributed by atoms with E-state index in [1.54, 1.807) is 13.0 Å². The van der Waals surface area contributed by atoms with Crippen LogP contribution in [0.25, 0.3) is 10.8 Å². The van der Waals surface area contributed by atoms with Crippen molar-refractivity contribution in [2.24, 2.45) is 0 Å². The second-order valence-corrected chi connectivity index (χ2v) is 5.12. The minimum absolute atomic E-state index is 0.221. The normalized spacial score (nSPS) is 12.4. The second kappa shape index (κ2) is 5.53. The summed E-state index contributed by atoms with van der Waals surface area (Å²) >= 11 is 0. The molecule has 0 radical (unpaired) electrons. The molecule has 0 aliphatic heterocycles. The zero-order valence-corrected chi connectivity index (χ0v) is 12.4. The summed E-state index contributed by atoms with van der Waals surface area (Å²) in [6.45, 7) is 7.88. The Bertz CT molecular complexity index is 659. The number of rotatable bonds is 3.